The SMILES string of the molecule is CCCCC/C=C\C[C@H](O)/C=C/C=C\C/C=C\CCCC(=O)N[C@@H](COP(=O)(O)OCC[N+](C)(C)C)[C@H](O)/C=C/CC/C=C\CCCCCCCC. The molecule has 0 aliphatic rings. The van der Waals surface area contributed by atoms with E-state index in [-0.39, 0.29) is 25.5 Å². The smallest absolute Gasteiger partial charge is 0.389 e. The molecule has 10 heteroatoms. The molecule has 300 valence electrons. The van der Waals surface area contributed by atoms with E-state index in [1.54, 1.807) is 12.2 Å². The zero-order chi connectivity index (χ0) is 38.8. The van der Waals surface area contributed by atoms with Crippen LogP contribution in [0.5, 0.6) is 0 Å². The summed E-state index contributed by atoms with van der Waals surface area (Å²) < 4.78 is 23.4. The lowest BCUT2D eigenvalue weighted by atomic mass is 10.1. The normalized spacial score (nSPS) is 15.9. The third kappa shape index (κ3) is 35.0. The Morgan fingerprint density at radius 2 is 1.31 bits per heavy atom. The van der Waals surface area contributed by atoms with Crippen LogP contribution in [0.1, 0.15) is 129 Å². The molecule has 0 heterocycles. The molecule has 0 radical (unpaired) electrons. The van der Waals surface area contributed by atoms with Gasteiger partial charge in [0.15, 0.2) is 0 Å². The molecule has 52 heavy (non-hydrogen) atoms. The molecular formula is C42H76N2O7P+. The molecule has 4 atom stereocenters. The van der Waals surface area contributed by atoms with E-state index < -0.39 is 26.1 Å². The van der Waals surface area contributed by atoms with E-state index in [2.05, 4.69) is 37.4 Å². The van der Waals surface area contributed by atoms with E-state index in [9.17, 15) is 24.5 Å². The summed E-state index contributed by atoms with van der Waals surface area (Å²) in [5.41, 5.74) is 0. The van der Waals surface area contributed by atoms with E-state index >= 15 is 0 Å². The Hall–Kier alpha value is -2.10. The summed E-state index contributed by atoms with van der Waals surface area (Å²) in [5.74, 6) is -0.273. The summed E-state index contributed by atoms with van der Waals surface area (Å²) in [6.07, 6.45) is 40.0. The average Bonchev–Trinajstić information content (AvgIpc) is 3.08. The van der Waals surface area contributed by atoms with Gasteiger partial charge in [-0.05, 0) is 64.2 Å². The zero-order valence-corrected chi connectivity index (χ0v) is 34.3. The summed E-state index contributed by atoms with van der Waals surface area (Å²) >= 11 is 0. The van der Waals surface area contributed by atoms with Crippen LogP contribution in [-0.2, 0) is 18.4 Å². The molecule has 4 N–H and O–H groups in total. The lowest BCUT2D eigenvalue weighted by Crippen LogP contribution is -2.45. The summed E-state index contributed by atoms with van der Waals surface area (Å²) in [5, 5.41) is 23.7. The standard InChI is InChI=1S/C42H75N2O7P/c1-6-8-10-12-14-15-16-17-18-22-26-30-34-41(46)40(38-51-52(48,49)50-37-36-44(3,4)5)43-42(47)35-31-27-23-20-19-21-25-29-33-39(45)32-28-24-13-11-9-7-2/h17-18,20-21,23-25,28-30,33-34,39-41,45-46H,6-16,19,22,26-27,31-32,35-38H2,1-5H3,(H-,43,47,48,49)/p+1/b18-17-,23-20-,25-21-,28-24-,33-29+,34-30+/t39-,40-,41+/m0/s1. The highest BCUT2D eigenvalue weighted by Crippen LogP contribution is 2.43. The van der Waals surface area contributed by atoms with Gasteiger partial charge in [-0.3, -0.25) is 13.8 Å². The van der Waals surface area contributed by atoms with E-state index in [1.165, 1.54) is 57.8 Å². The second-order valence-electron chi connectivity index (χ2n) is 14.5. The van der Waals surface area contributed by atoms with Crippen LogP contribution in [-0.4, -0.2) is 84.6 Å². The number of phosphoric acid groups is 1. The highest BCUT2D eigenvalue weighted by molar-refractivity contribution is 7.47. The highest BCUT2D eigenvalue weighted by atomic mass is 31.2. The highest BCUT2D eigenvalue weighted by Gasteiger charge is 2.27. The molecule has 0 spiro atoms. The van der Waals surface area contributed by atoms with Crippen LogP contribution >= 0.6 is 7.82 Å². The number of rotatable bonds is 34. The molecule has 0 saturated heterocycles. The van der Waals surface area contributed by atoms with Crippen LogP contribution in [0.15, 0.2) is 72.9 Å². The number of likely N-dealkylation sites (N-methyl/N-ethyl adjacent to an activating group) is 1. The largest absolute Gasteiger partial charge is 0.472 e. The van der Waals surface area contributed by atoms with E-state index in [0.717, 1.165) is 32.1 Å². The van der Waals surface area contributed by atoms with Gasteiger partial charge in [0.25, 0.3) is 0 Å². The van der Waals surface area contributed by atoms with Crippen molar-refractivity contribution in [2.24, 2.45) is 0 Å². The Labute approximate surface area is 317 Å². The minimum Gasteiger partial charge on any atom is -0.389 e. The summed E-state index contributed by atoms with van der Waals surface area (Å²) in [7, 11) is 1.47. The Morgan fingerprint density at radius 3 is 2.04 bits per heavy atom. The van der Waals surface area contributed by atoms with E-state index in [0.29, 0.717) is 30.3 Å². The van der Waals surface area contributed by atoms with Crippen LogP contribution in [0.3, 0.4) is 0 Å². The van der Waals surface area contributed by atoms with E-state index in [1.807, 2.05) is 63.7 Å². The molecule has 0 saturated carbocycles. The number of quaternary nitrogens is 1. The van der Waals surface area contributed by atoms with Crippen molar-refractivity contribution >= 4 is 13.7 Å². The van der Waals surface area contributed by atoms with Crippen molar-refractivity contribution in [2.45, 2.75) is 148 Å². The van der Waals surface area contributed by atoms with Crippen LogP contribution < -0.4 is 5.32 Å². The maximum atomic E-state index is 12.8. The van der Waals surface area contributed by atoms with Crippen LogP contribution in [0.25, 0.3) is 0 Å². The van der Waals surface area contributed by atoms with Gasteiger partial charge < -0.3 is 24.9 Å². The van der Waals surface area contributed by atoms with Crippen molar-refractivity contribution in [3.63, 3.8) is 0 Å². The number of aliphatic hydroxyl groups excluding tert-OH is 2. The lowest BCUT2D eigenvalue weighted by Gasteiger charge is -2.25. The second-order valence-corrected chi connectivity index (χ2v) is 15.9. The van der Waals surface area contributed by atoms with Gasteiger partial charge in [0.1, 0.15) is 13.2 Å². The number of phosphoric ester groups is 1. The van der Waals surface area contributed by atoms with Crippen LogP contribution in [0, 0.1) is 0 Å². The molecular weight excluding hydrogens is 675 g/mol. The van der Waals surface area contributed by atoms with Crippen molar-refractivity contribution in [2.75, 3.05) is 40.9 Å². The Kier molecular flexibility index (Phi) is 32.1. The van der Waals surface area contributed by atoms with Crippen molar-refractivity contribution in [3.8, 4) is 0 Å². The maximum Gasteiger partial charge on any atom is 0.472 e. The van der Waals surface area contributed by atoms with Gasteiger partial charge in [-0.2, -0.15) is 0 Å². The number of nitrogens with one attached hydrogen (secondary N) is 1. The quantitative estimate of drug-likeness (QED) is 0.0170. The first-order valence-electron chi connectivity index (χ1n) is 19.9. The number of carbonyl (C=O) groups excluding carboxylic acids is 1. The van der Waals surface area contributed by atoms with Crippen molar-refractivity contribution in [1.82, 2.24) is 5.32 Å². The molecule has 9 nitrogen and oxygen atoms in total. The minimum atomic E-state index is -4.37. The molecule has 0 aromatic heterocycles. The second kappa shape index (κ2) is 33.5. The molecule has 0 aliphatic carbocycles. The molecule has 0 aromatic carbocycles. The minimum absolute atomic E-state index is 0.0311. The molecule has 0 fully saturated rings. The fourth-order valence-electron chi connectivity index (χ4n) is 4.95. The molecule has 0 aliphatic heterocycles. The Bertz CT molecular complexity index is 1090. The first kappa shape index (κ1) is 49.9. The number of hydrogen-bond donors (Lipinski definition) is 4. The molecule has 1 amide bonds. The number of carbonyl (C=O) groups is 1. The number of amides is 1. The fourth-order valence-corrected chi connectivity index (χ4v) is 5.69. The lowest BCUT2D eigenvalue weighted by molar-refractivity contribution is -0.870. The van der Waals surface area contributed by atoms with Crippen molar-refractivity contribution in [1.29, 1.82) is 0 Å². The third-order valence-corrected chi connectivity index (χ3v) is 9.21. The number of aliphatic hydroxyl groups is 2. The van der Waals surface area contributed by atoms with Crippen molar-refractivity contribution in [3.05, 3.63) is 72.9 Å². The zero-order valence-electron chi connectivity index (χ0n) is 33.4. The Morgan fingerprint density at radius 1 is 0.712 bits per heavy atom. The average molecular weight is 752 g/mol. The Balaban J connectivity index is 4.74. The van der Waals surface area contributed by atoms with Gasteiger partial charge >= 0.3 is 7.82 Å². The first-order chi connectivity index (χ1) is 24.9. The first-order valence-corrected chi connectivity index (χ1v) is 21.4. The maximum absolute atomic E-state index is 12.8. The van der Waals surface area contributed by atoms with Crippen molar-refractivity contribution < 1.29 is 38.0 Å². The topological polar surface area (TPSA) is 125 Å². The molecule has 0 bridgehead atoms. The summed E-state index contributed by atoms with van der Waals surface area (Å²) in [6.45, 7) is 4.58. The van der Waals surface area contributed by atoms with Gasteiger partial charge in [0.05, 0.1) is 46.0 Å². The molecule has 0 rings (SSSR count). The van der Waals surface area contributed by atoms with Crippen LogP contribution in [0.2, 0.25) is 0 Å². The molecule has 0 aromatic rings. The van der Waals surface area contributed by atoms with Gasteiger partial charge in [0, 0.05) is 6.42 Å². The van der Waals surface area contributed by atoms with Crippen LogP contribution in [0.4, 0.5) is 0 Å². The number of allylic oxidation sites excluding steroid dienone is 9. The predicted octanol–water partition coefficient (Wildman–Crippen LogP) is 9.43. The predicted molar refractivity (Wildman–Crippen MR) is 218 cm³/mol. The van der Waals surface area contributed by atoms with Gasteiger partial charge in [0.2, 0.25) is 5.91 Å². The van der Waals surface area contributed by atoms with Gasteiger partial charge in [-0.25, -0.2) is 4.57 Å². The fraction of sp³-hybridized carbons (Fsp3) is 0.690. The third-order valence-electron chi connectivity index (χ3n) is 8.23. The number of unbranched alkanes of at least 4 members (excludes halogenated alkanes) is 11. The monoisotopic (exact) mass is 752 g/mol. The summed E-state index contributed by atoms with van der Waals surface area (Å²) in [6, 6.07) is -0.913. The van der Waals surface area contributed by atoms with E-state index in [4.69, 9.17) is 9.05 Å². The van der Waals surface area contributed by atoms with Gasteiger partial charge in [-0.15, -0.1) is 0 Å². The molecule has 1 unspecified atom stereocenters. The number of nitrogens with zero attached hydrogens (tertiary/aromatic N) is 1. The van der Waals surface area contributed by atoms with Gasteiger partial charge in [-0.1, -0.05) is 132 Å². The number of hydrogen-bond acceptors (Lipinski definition) is 6. The summed E-state index contributed by atoms with van der Waals surface area (Å²) in [4.78, 5) is 23.0.